The normalized spacial score (nSPS) is 11.5. The van der Waals surface area contributed by atoms with Crippen molar-refractivity contribution >= 4 is 33.5 Å². The standard InChI is InChI=1S/C14H17NO5S/c1-3-11-8-10(5-7-14(17)18)4-6-12(11)15-13(16)9-21(2,19)20/h4-8H,3,9H2,1-2H3,(H,15,16)(H,17,18)/b7-5+. The molecule has 0 aromatic heterocycles. The Bertz CT molecular complexity index is 677. The Morgan fingerprint density at radius 2 is 2.00 bits per heavy atom. The molecule has 0 saturated carbocycles. The highest BCUT2D eigenvalue weighted by Crippen LogP contribution is 2.19. The quantitative estimate of drug-likeness (QED) is 0.772. The van der Waals surface area contributed by atoms with Crippen molar-refractivity contribution in [2.45, 2.75) is 13.3 Å². The van der Waals surface area contributed by atoms with Crippen LogP contribution in [0.25, 0.3) is 6.08 Å². The summed E-state index contributed by atoms with van der Waals surface area (Å²) in [5, 5.41) is 11.1. The Balaban J connectivity index is 2.94. The Kier molecular flexibility index (Phi) is 5.66. The maximum atomic E-state index is 11.6. The van der Waals surface area contributed by atoms with Gasteiger partial charge in [0.2, 0.25) is 5.91 Å². The van der Waals surface area contributed by atoms with E-state index < -0.39 is 27.5 Å². The molecule has 21 heavy (non-hydrogen) atoms. The minimum Gasteiger partial charge on any atom is -0.478 e. The van der Waals surface area contributed by atoms with Crippen LogP contribution in [-0.4, -0.2) is 37.4 Å². The van der Waals surface area contributed by atoms with Gasteiger partial charge in [-0.05, 0) is 35.8 Å². The molecule has 0 unspecified atom stereocenters. The van der Waals surface area contributed by atoms with Gasteiger partial charge in [0.1, 0.15) is 5.75 Å². The number of hydrogen-bond acceptors (Lipinski definition) is 4. The lowest BCUT2D eigenvalue weighted by atomic mass is 10.1. The van der Waals surface area contributed by atoms with Crippen molar-refractivity contribution in [3.05, 3.63) is 35.4 Å². The highest BCUT2D eigenvalue weighted by atomic mass is 32.2. The average Bonchev–Trinajstić information content (AvgIpc) is 2.35. The molecule has 1 rings (SSSR count). The summed E-state index contributed by atoms with van der Waals surface area (Å²) in [6, 6.07) is 5.02. The number of nitrogens with one attached hydrogen (secondary N) is 1. The predicted octanol–water partition coefficient (Wildman–Crippen LogP) is 1.33. The van der Waals surface area contributed by atoms with Gasteiger partial charge in [-0.15, -0.1) is 0 Å². The van der Waals surface area contributed by atoms with Gasteiger partial charge >= 0.3 is 5.97 Å². The third kappa shape index (κ3) is 6.22. The molecule has 0 aliphatic heterocycles. The fraction of sp³-hybridized carbons (Fsp3) is 0.286. The molecular weight excluding hydrogens is 294 g/mol. The monoisotopic (exact) mass is 311 g/mol. The van der Waals surface area contributed by atoms with E-state index in [2.05, 4.69) is 5.32 Å². The Hall–Kier alpha value is -2.15. The highest BCUT2D eigenvalue weighted by molar-refractivity contribution is 7.91. The second-order valence-corrected chi connectivity index (χ2v) is 6.70. The topological polar surface area (TPSA) is 101 Å². The SMILES string of the molecule is CCc1cc(/C=C/C(=O)O)ccc1NC(=O)CS(C)(=O)=O. The van der Waals surface area contributed by atoms with Crippen LogP contribution in [0.15, 0.2) is 24.3 Å². The van der Waals surface area contributed by atoms with E-state index >= 15 is 0 Å². The third-order valence-corrected chi connectivity index (χ3v) is 3.38. The molecule has 6 nitrogen and oxygen atoms in total. The van der Waals surface area contributed by atoms with Crippen molar-refractivity contribution < 1.29 is 23.1 Å². The molecule has 1 aromatic rings. The van der Waals surface area contributed by atoms with Crippen molar-refractivity contribution in [1.82, 2.24) is 0 Å². The minimum absolute atomic E-state index is 0.527. The molecule has 0 bridgehead atoms. The molecule has 0 atom stereocenters. The third-order valence-electron chi connectivity index (χ3n) is 2.60. The molecule has 0 radical (unpaired) electrons. The van der Waals surface area contributed by atoms with Crippen LogP contribution >= 0.6 is 0 Å². The molecule has 0 aliphatic rings. The van der Waals surface area contributed by atoms with E-state index in [1.165, 1.54) is 6.08 Å². The average molecular weight is 311 g/mol. The molecule has 7 heteroatoms. The van der Waals surface area contributed by atoms with Gasteiger partial charge in [0, 0.05) is 18.0 Å². The zero-order chi connectivity index (χ0) is 16.0. The van der Waals surface area contributed by atoms with Crippen molar-refractivity contribution in [2.75, 3.05) is 17.3 Å². The number of hydrogen-bond donors (Lipinski definition) is 2. The molecule has 114 valence electrons. The second-order valence-electron chi connectivity index (χ2n) is 4.56. The fourth-order valence-corrected chi connectivity index (χ4v) is 2.27. The van der Waals surface area contributed by atoms with Crippen LogP contribution in [0.4, 0.5) is 5.69 Å². The van der Waals surface area contributed by atoms with Crippen molar-refractivity contribution in [3.63, 3.8) is 0 Å². The second kappa shape index (κ2) is 7.03. The lowest BCUT2D eigenvalue weighted by molar-refractivity contribution is -0.131. The molecule has 0 saturated heterocycles. The van der Waals surface area contributed by atoms with Gasteiger partial charge in [-0.3, -0.25) is 4.79 Å². The number of aryl methyl sites for hydroxylation is 1. The van der Waals surface area contributed by atoms with Gasteiger partial charge < -0.3 is 10.4 Å². The highest BCUT2D eigenvalue weighted by Gasteiger charge is 2.12. The zero-order valence-corrected chi connectivity index (χ0v) is 12.6. The number of carboxylic acids is 1. The zero-order valence-electron chi connectivity index (χ0n) is 11.8. The smallest absolute Gasteiger partial charge is 0.328 e. The summed E-state index contributed by atoms with van der Waals surface area (Å²) in [7, 11) is -3.38. The Labute approximate surface area is 123 Å². The molecule has 0 aliphatic carbocycles. The Morgan fingerprint density at radius 1 is 1.33 bits per heavy atom. The summed E-state index contributed by atoms with van der Waals surface area (Å²) >= 11 is 0. The van der Waals surface area contributed by atoms with Gasteiger partial charge in [0.05, 0.1) is 0 Å². The van der Waals surface area contributed by atoms with Crippen molar-refractivity contribution in [3.8, 4) is 0 Å². The minimum atomic E-state index is -3.38. The first-order valence-corrected chi connectivity index (χ1v) is 8.29. The number of aliphatic carboxylic acids is 1. The maximum absolute atomic E-state index is 11.6. The van der Waals surface area contributed by atoms with Crippen LogP contribution in [0.3, 0.4) is 0 Å². The first kappa shape index (κ1) is 16.9. The molecule has 0 spiro atoms. The Morgan fingerprint density at radius 3 is 2.52 bits per heavy atom. The van der Waals surface area contributed by atoms with Gasteiger partial charge in [-0.25, -0.2) is 13.2 Å². The summed E-state index contributed by atoms with van der Waals surface area (Å²) in [6.45, 7) is 1.88. The number of carbonyl (C=O) groups is 2. The van der Waals surface area contributed by atoms with E-state index in [4.69, 9.17) is 5.11 Å². The molecular formula is C14H17NO5S. The van der Waals surface area contributed by atoms with Gasteiger partial charge in [-0.1, -0.05) is 13.0 Å². The van der Waals surface area contributed by atoms with Gasteiger partial charge in [0.15, 0.2) is 9.84 Å². The number of carbonyl (C=O) groups excluding carboxylic acids is 1. The first-order chi connectivity index (χ1) is 9.71. The predicted molar refractivity (Wildman–Crippen MR) is 80.8 cm³/mol. The molecule has 1 amide bonds. The van der Waals surface area contributed by atoms with E-state index in [0.29, 0.717) is 17.7 Å². The largest absolute Gasteiger partial charge is 0.478 e. The summed E-state index contributed by atoms with van der Waals surface area (Å²) in [6.07, 6.45) is 4.08. The van der Waals surface area contributed by atoms with E-state index in [1.807, 2.05) is 6.92 Å². The number of carboxylic acid groups (broad SMARTS) is 1. The molecule has 1 aromatic carbocycles. The van der Waals surface area contributed by atoms with Crippen LogP contribution in [0.2, 0.25) is 0 Å². The first-order valence-electron chi connectivity index (χ1n) is 6.23. The summed E-state index contributed by atoms with van der Waals surface area (Å²) in [4.78, 5) is 22.1. The maximum Gasteiger partial charge on any atom is 0.328 e. The lowest BCUT2D eigenvalue weighted by Gasteiger charge is -2.10. The summed E-state index contributed by atoms with van der Waals surface area (Å²) in [5.41, 5.74) is 2.01. The van der Waals surface area contributed by atoms with E-state index in [0.717, 1.165) is 17.9 Å². The summed E-state index contributed by atoms with van der Waals surface area (Å²) < 4.78 is 22.1. The van der Waals surface area contributed by atoms with Crippen LogP contribution < -0.4 is 5.32 Å². The lowest BCUT2D eigenvalue weighted by Crippen LogP contribution is -2.22. The van der Waals surface area contributed by atoms with Crippen LogP contribution in [0.1, 0.15) is 18.1 Å². The van der Waals surface area contributed by atoms with Crippen LogP contribution in [0, 0.1) is 0 Å². The van der Waals surface area contributed by atoms with E-state index in [9.17, 15) is 18.0 Å². The van der Waals surface area contributed by atoms with E-state index in [-0.39, 0.29) is 0 Å². The van der Waals surface area contributed by atoms with E-state index in [1.54, 1.807) is 18.2 Å². The number of rotatable bonds is 6. The van der Waals surface area contributed by atoms with Crippen molar-refractivity contribution in [2.24, 2.45) is 0 Å². The van der Waals surface area contributed by atoms with Crippen molar-refractivity contribution in [1.29, 1.82) is 0 Å². The number of sulfone groups is 1. The number of amides is 1. The number of anilines is 1. The molecule has 0 fully saturated rings. The van der Waals surface area contributed by atoms with Gasteiger partial charge in [-0.2, -0.15) is 0 Å². The molecule has 0 heterocycles. The van der Waals surface area contributed by atoms with Crippen LogP contribution in [-0.2, 0) is 25.8 Å². The molecule has 2 N–H and O–H groups in total. The summed E-state index contributed by atoms with van der Waals surface area (Å²) in [5.74, 6) is -2.21. The van der Waals surface area contributed by atoms with Gasteiger partial charge in [0.25, 0.3) is 0 Å². The number of benzene rings is 1. The van der Waals surface area contributed by atoms with Crippen LogP contribution in [0.5, 0.6) is 0 Å². The fourth-order valence-electron chi connectivity index (χ4n) is 1.72.